The third-order valence-corrected chi connectivity index (χ3v) is 2.06. The SMILES string of the molecule is O=C1CC(c2cccnc2)=NCCN1. The van der Waals surface area contributed by atoms with Crippen molar-refractivity contribution in [2.75, 3.05) is 13.1 Å². The van der Waals surface area contributed by atoms with E-state index in [2.05, 4.69) is 15.3 Å². The van der Waals surface area contributed by atoms with Crippen LogP contribution in [-0.2, 0) is 4.79 Å². The lowest BCUT2D eigenvalue weighted by Gasteiger charge is -2.01. The summed E-state index contributed by atoms with van der Waals surface area (Å²) in [5.74, 6) is 0.0325. The Morgan fingerprint density at radius 1 is 1.43 bits per heavy atom. The molecule has 4 heteroatoms. The Hall–Kier alpha value is -1.71. The fourth-order valence-corrected chi connectivity index (χ4v) is 1.38. The minimum Gasteiger partial charge on any atom is -0.354 e. The smallest absolute Gasteiger partial charge is 0.226 e. The van der Waals surface area contributed by atoms with Gasteiger partial charge >= 0.3 is 0 Å². The zero-order valence-electron chi connectivity index (χ0n) is 7.73. The van der Waals surface area contributed by atoms with E-state index in [1.54, 1.807) is 12.4 Å². The minimum absolute atomic E-state index is 0.0325. The highest BCUT2D eigenvalue weighted by Gasteiger charge is 2.12. The molecule has 14 heavy (non-hydrogen) atoms. The molecule has 0 aliphatic carbocycles. The molecule has 2 heterocycles. The summed E-state index contributed by atoms with van der Waals surface area (Å²) in [5.41, 5.74) is 1.76. The molecule has 0 atom stereocenters. The highest BCUT2D eigenvalue weighted by Crippen LogP contribution is 2.04. The summed E-state index contributed by atoms with van der Waals surface area (Å²) in [6.07, 6.45) is 3.80. The summed E-state index contributed by atoms with van der Waals surface area (Å²) in [5, 5.41) is 2.77. The lowest BCUT2D eigenvalue weighted by atomic mass is 10.1. The Kier molecular flexibility index (Phi) is 2.53. The van der Waals surface area contributed by atoms with Crippen LogP contribution in [0.4, 0.5) is 0 Å². The van der Waals surface area contributed by atoms with E-state index < -0.39 is 0 Å². The van der Waals surface area contributed by atoms with Crippen molar-refractivity contribution in [2.24, 2.45) is 4.99 Å². The summed E-state index contributed by atoms with van der Waals surface area (Å²) < 4.78 is 0. The van der Waals surface area contributed by atoms with Crippen molar-refractivity contribution in [3.8, 4) is 0 Å². The number of nitrogens with zero attached hydrogens (tertiary/aromatic N) is 2. The quantitative estimate of drug-likeness (QED) is 0.694. The van der Waals surface area contributed by atoms with Gasteiger partial charge in [0.05, 0.1) is 18.7 Å². The van der Waals surface area contributed by atoms with E-state index in [4.69, 9.17) is 0 Å². The molecule has 0 bridgehead atoms. The number of hydrogen-bond donors (Lipinski definition) is 1. The summed E-state index contributed by atoms with van der Waals surface area (Å²) in [4.78, 5) is 19.6. The number of carbonyl (C=O) groups is 1. The van der Waals surface area contributed by atoms with Crippen LogP contribution >= 0.6 is 0 Å². The Morgan fingerprint density at radius 2 is 2.36 bits per heavy atom. The van der Waals surface area contributed by atoms with Gasteiger partial charge in [-0.25, -0.2) is 0 Å². The number of carbonyl (C=O) groups excluding carboxylic acids is 1. The average Bonchev–Trinajstić information content (AvgIpc) is 2.44. The zero-order chi connectivity index (χ0) is 9.80. The van der Waals surface area contributed by atoms with E-state index in [1.165, 1.54) is 0 Å². The van der Waals surface area contributed by atoms with Gasteiger partial charge in [-0.1, -0.05) is 6.07 Å². The molecular formula is C10H11N3O. The van der Waals surface area contributed by atoms with Crippen LogP contribution in [0.1, 0.15) is 12.0 Å². The molecule has 0 fully saturated rings. The van der Waals surface area contributed by atoms with Gasteiger partial charge in [0, 0.05) is 24.5 Å². The van der Waals surface area contributed by atoms with E-state index >= 15 is 0 Å². The molecule has 0 aromatic carbocycles. The Labute approximate surface area is 82.1 Å². The molecule has 0 spiro atoms. The molecule has 0 saturated carbocycles. The molecule has 0 unspecified atom stereocenters. The largest absolute Gasteiger partial charge is 0.354 e. The number of rotatable bonds is 1. The first-order valence-corrected chi connectivity index (χ1v) is 4.57. The first-order chi connectivity index (χ1) is 6.86. The van der Waals surface area contributed by atoms with Crippen LogP contribution in [-0.4, -0.2) is 29.7 Å². The van der Waals surface area contributed by atoms with Gasteiger partial charge in [-0.2, -0.15) is 0 Å². The van der Waals surface area contributed by atoms with Gasteiger partial charge in [0.2, 0.25) is 5.91 Å². The molecule has 72 valence electrons. The van der Waals surface area contributed by atoms with Crippen molar-refractivity contribution in [3.63, 3.8) is 0 Å². The fraction of sp³-hybridized carbons (Fsp3) is 0.300. The molecule has 0 saturated heterocycles. The van der Waals surface area contributed by atoms with Crippen molar-refractivity contribution in [1.29, 1.82) is 0 Å². The Balaban J connectivity index is 2.25. The van der Waals surface area contributed by atoms with Crippen LogP contribution in [0, 0.1) is 0 Å². The van der Waals surface area contributed by atoms with Gasteiger partial charge in [0.15, 0.2) is 0 Å². The normalized spacial score (nSPS) is 16.9. The number of hydrogen-bond acceptors (Lipinski definition) is 3. The monoisotopic (exact) mass is 189 g/mol. The molecule has 1 N–H and O–H groups in total. The lowest BCUT2D eigenvalue weighted by Crippen LogP contribution is -2.24. The second-order valence-corrected chi connectivity index (χ2v) is 3.10. The molecule has 1 aromatic heterocycles. The molecule has 1 aliphatic rings. The maximum Gasteiger partial charge on any atom is 0.226 e. The predicted octanol–water partition coefficient (Wildman–Crippen LogP) is 0.391. The van der Waals surface area contributed by atoms with Crippen LogP contribution in [0.3, 0.4) is 0 Å². The minimum atomic E-state index is 0.0325. The third kappa shape index (κ3) is 1.96. The van der Waals surface area contributed by atoms with Gasteiger partial charge in [0.25, 0.3) is 0 Å². The number of pyridine rings is 1. The lowest BCUT2D eigenvalue weighted by molar-refractivity contribution is -0.119. The molecule has 4 nitrogen and oxygen atoms in total. The van der Waals surface area contributed by atoms with Gasteiger partial charge in [-0.15, -0.1) is 0 Å². The Bertz CT molecular complexity index is 359. The van der Waals surface area contributed by atoms with E-state index in [0.717, 1.165) is 11.3 Å². The van der Waals surface area contributed by atoms with Crippen molar-refractivity contribution < 1.29 is 4.79 Å². The summed E-state index contributed by atoms with van der Waals surface area (Å²) in [7, 11) is 0. The van der Waals surface area contributed by atoms with Gasteiger partial charge < -0.3 is 5.32 Å². The molecular weight excluding hydrogens is 178 g/mol. The number of aliphatic imine (C=N–C) groups is 1. The van der Waals surface area contributed by atoms with E-state index in [-0.39, 0.29) is 5.91 Å². The average molecular weight is 189 g/mol. The highest BCUT2D eigenvalue weighted by molar-refractivity contribution is 6.10. The summed E-state index contributed by atoms with van der Waals surface area (Å²) >= 11 is 0. The van der Waals surface area contributed by atoms with Gasteiger partial charge in [0.1, 0.15) is 0 Å². The zero-order valence-corrected chi connectivity index (χ0v) is 7.73. The van der Waals surface area contributed by atoms with E-state index in [1.807, 2.05) is 12.1 Å². The molecule has 1 amide bonds. The number of amides is 1. The van der Waals surface area contributed by atoms with Crippen molar-refractivity contribution >= 4 is 11.6 Å². The van der Waals surface area contributed by atoms with Crippen LogP contribution in [0.25, 0.3) is 0 Å². The molecule has 1 aliphatic heterocycles. The summed E-state index contributed by atoms with van der Waals surface area (Å²) in [6.45, 7) is 1.28. The van der Waals surface area contributed by atoms with Crippen LogP contribution in [0.5, 0.6) is 0 Å². The first kappa shape index (κ1) is 8.87. The van der Waals surface area contributed by atoms with Crippen molar-refractivity contribution in [2.45, 2.75) is 6.42 Å². The fourth-order valence-electron chi connectivity index (χ4n) is 1.38. The van der Waals surface area contributed by atoms with E-state index in [9.17, 15) is 4.79 Å². The molecule has 2 rings (SSSR count). The maximum absolute atomic E-state index is 11.3. The predicted molar refractivity (Wildman–Crippen MR) is 53.3 cm³/mol. The van der Waals surface area contributed by atoms with E-state index in [0.29, 0.717) is 19.5 Å². The highest BCUT2D eigenvalue weighted by atomic mass is 16.1. The number of aromatic nitrogens is 1. The first-order valence-electron chi connectivity index (χ1n) is 4.57. The summed E-state index contributed by atoms with van der Waals surface area (Å²) in [6, 6.07) is 3.77. The van der Waals surface area contributed by atoms with Gasteiger partial charge in [-0.05, 0) is 6.07 Å². The van der Waals surface area contributed by atoms with Crippen molar-refractivity contribution in [3.05, 3.63) is 30.1 Å². The van der Waals surface area contributed by atoms with Crippen molar-refractivity contribution in [1.82, 2.24) is 10.3 Å². The standard InChI is InChI=1S/C10H11N3O/c14-10-6-9(12-4-5-13-10)8-2-1-3-11-7-8/h1-3,7H,4-6H2,(H,13,14). The molecule has 1 aromatic rings. The maximum atomic E-state index is 11.3. The Morgan fingerprint density at radius 3 is 3.14 bits per heavy atom. The third-order valence-electron chi connectivity index (χ3n) is 2.06. The second kappa shape index (κ2) is 4.00. The second-order valence-electron chi connectivity index (χ2n) is 3.10. The number of nitrogens with one attached hydrogen (secondary N) is 1. The van der Waals surface area contributed by atoms with Gasteiger partial charge in [-0.3, -0.25) is 14.8 Å². The van der Waals surface area contributed by atoms with Crippen LogP contribution in [0.2, 0.25) is 0 Å². The van der Waals surface area contributed by atoms with Crippen LogP contribution in [0.15, 0.2) is 29.5 Å². The topological polar surface area (TPSA) is 54.4 Å². The molecule has 0 radical (unpaired) electrons. The van der Waals surface area contributed by atoms with Crippen LogP contribution < -0.4 is 5.32 Å².